The molecule has 6 fully saturated rings. The Morgan fingerprint density at radius 3 is 2.36 bits per heavy atom. The van der Waals surface area contributed by atoms with Gasteiger partial charge in [0.1, 0.15) is 6.04 Å². The summed E-state index contributed by atoms with van der Waals surface area (Å²) in [6, 6.07) is 1.72. The predicted molar refractivity (Wildman–Crippen MR) is 90.0 cm³/mol. The van der Waals surface area contributed by atoms with Crippen LogP contribution in [0.15, 0.2) is 0 Å². The fourth-order valence-electron chi connectivity index (χ4n) is 6.96. The van der Waals surface area contributed by atoms with Gasteiger partial charge in [0, 0.05) is 6.04 Å². The summed E-state index contributed by atoms with van der Waals surface area (Å²) in [6.45, 7) is 0. The molecule has 1 saturated heterocycles. The standard InChI is InChI=1S/C18H25N3O2.2H2O/c19-8-13-2-12-3-14(12)21(13)16(22)15(20)17-4-10-1-11(5-17)7-18(23,6-10)9-17;;/h10-15,23H,1-7,9,20H2;2*1H2/t10?,11?,12-,13+,14+,15-,17?,18?;;/m0../s1. The summed E-state index contributed by atoms with van der Waals surface area (Å²) in [5, 5.41) is 20.2. The van der Waals surface area contributed by atoms with Gasteiger partial charge in [-0.05, 0) is 74.5 Å². The number of likely N-dealkylation sites (tertiary alicyclic amines) is 1. The van der Waals surface area contributed by atoms with Crippen molar-refractivity contribution in [2.24, 2.45) is 28.9 Å². The molecule has 6 rings (SSSR count). The molecule has 6 aliphatic rings. The van der Waals surface area contributed by atoms with Crippen molar-refractivity contribution in [3.05, 3.63) is 0 Å². The lowest BCUT2D eigenvalue weighted by Gasteiger charge is -2.61. The first kappa shape index (κ1) is 18.6. The van der Waals surface area contributed by atoms with Crippen LogP contribution in [0.4, 0.5) is 0 Å². The number of aliphatic hydroxyl groups is 1. The molecular weight excluding hydrogens is 322 g/mol. The molecule has 25 heavy (non-hydrogen) atoms. The normalized spacial score (nSPS) is 49.5. The highest BCUT2D eigenvalue weighted by atomic mass is 16.3. The second-order valence-corrected chi connectivity index (χ2v) is 9.21. The Bertz CT molecular complexity index is 604. The Labute approximate surface area is 147 Å². The SMILES string of the molecule is N#C[C@H]1C[C@H]2C[C@H]2N1C(=O)[C@H](N)C12CC3CC(CC(O)(C3)C1)C2.O.O. The molecule has 0 aromatic rings. The number of nitrogens with two attached hydrogens (primary N) is 1. The van der Waals surface area contributed by atoms with Crippen LogP contribution in [-0.4, -0.2) is 50.6 Å². The number of carbonyl (C=O) groups is 1. The minimum atomic E-state index is -0.594. The first-order chi connectivity index (χ1) is 10.9. The number of fused-ring (bicyclic) bond motifs is 1. The Morgan fingerprint density at radius 2 is 1.80 bits per heavy atom. The van der Waals surface area contributed by atoms with E-state index in [0.29, 0.717) is 24.2 Å². The van der Waals surface area contributed by atoms with Gasteiger partial charge < -0.3 is 26.7 Å². The summed E-state index contributed by atoms with van der Waals surface area (Å²) in [5.74, 6) is 1.56. The Balaban J connectivity index is 0.000000911. The molecule has 7 nitrogen and oxygen atoms in total. The molecule has 0 spiro atoms. The maximum absolute atomic E-state index is 13.1. The van der Waals surface area contributed by atoms with E-state index in [1.165, 1.54) is 6.42 Å². The summed E-state index contributed by atoms with van der Waals surface area (Å²) in [5.41, 5.74) is 5.71. The molecule has 5 saturated carbocycles. The van der Waals surface area contributed by atoms with E-state index in [0.717, 1.165) is 38.5 Å². The van der Waals surface area contributed by atoms with Crippen LogP contribution in [0.25, 0.3) is 0 Å². The molecule has 0 aromatic carbocycles. The van der Waals surface area contributed by atoms with Crippen LogP contribution in [0, 0.1) is 34.5 Å². The number of nitriles is 1. The minimum absolute atomic E-state index is 0. The fraction of sp³-hybridized carbons (Fsp3) is 0.889. The van der Waals surface area contributed by atoms with Crippen molar-refractivity contribution in [3.8, 4) is 6.07 Å². The van der Waals surface area contributed by atoms with E-state index < -0.39 is 11.6 Å². The third-order valence-corrected chi connectivity index (χ3v) is 7.51. The summed E-state index contributed by atoms with van der Waals surface area (Å²) in [7, 11) is 0. The van der Waals surface area contributed by atoms with Crippen LogP contribution < -0.4 is 5.73 Å². The molecule has 4 bridgehead atoms. The number of hydrogen-bond acceptors (Lipinski definition) is 4. The van der Waals surface area contributed by atoms with Crippen molar-refractivity contribution in [1.82, 2.24) is 4.90 Å². The number of piperidine rings is 1. The van der Waals surface area contributed by atoms with Crippen LogP contribution in [-0.2, 0) is 4.79 Å². The summed E-state index contributed by atoms with van der Waals surface area (Å²) in [6.07, 6.45) is 7.48. The second-order valence-electron chi connectivity index (χ2n) is 9.21. The first-order valence-corrected chi connectivity index (χ1v) is 9.13. The average Bonchev–Trinajstić information content (AvgIpc) is 3.14. The van der Waals surface area contributed by atoms with Crippen molar-refractivity contribution >= 4 is 5.91 Å². The molecule has 7 N–H and O–H groups in total. The molecule has 7 heteroatoms. The van der Waals surface area contributed by atoms with Gasteiger partial charge in [-0.3, -0.25) is 4.79 Å². The lowest BCUT2D eigenvalue weighted by Crippen LogP contribution is -2.64. The van der Waals surface area contributed by atoms with Crippen LogP contribution in [0.2, 0.25) is 0 Å². The molecule has 1 heterocycles. The molecule has 6 atom stereocenters. The van der Waals surface area contributed by atoms with Crippen LogP contribution in [0.3, 0.4) is 0 Å². The number of rotatable bonds is 2. The van der Waals surface area contributed by atoms with Gasteiger partial charge in [-0.1, -0.05) is 0 Å². The average molecular weight is 351 g/mol. The molecule has 0 aromatic heterocycles. The van der Waals surface area contributed by atoms with E-state index in [-0.39, 0.29) is 34.4 Å². The third kappa shape index (κ3) is 2.50. The molecule has 0 radical (unpaired) electrons. The monoisotopic (exact) mass is 351 g/mol. The van der Waals surface area contributed by atoms with Crippen molar-refractivity contribution in [1.29, 1.82) is 5.26 Å². The zero-order valence-corrected chi connectivity index (χ0v) is 14.4. The van der Waals surface area contributed by atoms with Gasteiger partial charge in [0.15, 0.2) is 0 Å². The van der Waals surface area contributed by atoms with Gasteiger partial charge in [-0.25, -0.2) is 0 Å². The van der Waals surface area contributed by atoms with Gasteiger partial charge in [0.2, 0.25) is 5.91 Å². The predicted octanol–water partition coefficient (Wildman–Crippen LogP) is -0.491. The van der Waals surface area contributed by atoms with Gasteiger partial charge >= 0.3 is 0 Å². The lowest BCUT2D eigenvalue weighted by atomic mass is 9.46. The van der Waals surface area contributed by atoms with Gasteiger partial charge in [0.05, 0.1) is 17.7 Å². The molecule has 5 aliphatic carbocycles. The maximum Gasteiger partial charge on any atom is 0.241 e. The summed E-state index contributed by atoms with van der Waals surface area (Å²) < 4.78 is 0. The third-order valence-electron chi connectivity index (χ3n) is 7.51. The highest BCUT2D eigenvalue weighted by molar-refractivity contribution is 5.84. The number of nitrogens with zero attached hydrogens (tertiary/aromatic N) is 2. The zero-order valence-electron chi connectivity index (χ0n) is 14.4. The Kier molecular flexibility index (Phi) is 4.20. The Morgan fingerprint density at radius 1 is 1.16 bits per heavy atom. The van der Waals surface area contributed by atoms with Gasteiger partial charge in [-0.2, -0.15) is 5.26 Å². The fourth-order valence-corrected chi connectivity index (χ4v) is 6.96. The molecule has 140 valence electrons. The van der Waals surface area contributed by atoms with Crippen LogP contribution >= 0.6 is 0 Å². The Hall–Kier alpha value is -1.20. The van der Waals surface area contributed by atoms with Crippen LogP contribution in [0.1, 0.15) is 51.4 Å². The van der Waals surface area contributed by atoms with Gasteiger partial charge in [-0.15, -0.1) is 0 Å². The van der Waals surface area contributed by atoms with Crippen molar-refractivity contribution in [2.75, 3.05) is 0 Å². The van der Waals surface area contributed by atoms with E-state index in [1.54, 1.807) is 4.90 Å². The summed E-state index contributed by atoms with van der Waals surface area (Å²) in [4.78, 5) is 14.9. The molecule has 2 unspecified atom stereocenters. The zero-order chi connectivity index (χ0) is 16.0. The van der Waals surface area contributed by atoms with E-state index in [9.17, 15) is 15.2 Å². The van der Waals surface area contributed by atoms with Crippen molar-refractivity contribution in [3.63, 3.8) is 0 Å². The summed E-state index contributed by atoms with van der Waals surface area (Å²) >= 11 is 0. The van der Waals surface area contributed by atoms with E-state index in [4.69, 9.17) is 5.73 Å². The van der Waals surface area contributed by atoms with Crippen LogP contribution in [0.5, 0.6) is 0 Å². The number of amides is 1. The van der Waals surface area contributed by atoms with Gasteiger partial charge in [0.25, 0.3) is 0 Å². The molecule has 1 aliphatic heterocycles. The van der Waals surface area contributed by atoms with E-state index >= 15 is 0 Å². The van der Waals surface area contributed by atoms with Crippen molar-refractivity contribution in [2.45, 2.75) is 75.1 Å². The maximum atomic E-state index is 13.1. The smallest absolute Gasteiger partial charge is 0.241 e. The second kappa shape index (κ2) is 5.65. The molecule has 1 amide bonds. The highest BCUT2D eigenvalue weighted by Crippen LogP contribution is 2.63. The number of carbonyl (C=O) groups excluding carboxylic acids is 1. The lowest BCUT2D eigenvalue weighted by molar-refractivity contribution is -0.177. The quantitative estimate of drug-likeness (QED) is 0.689. The van der Waals surface area contributed by atoms with Crippen molar-refractivity contribution < 1.29 is 20.9 Å². The molecular formula is C18H29N3O4. The topological polar surface area (TPSA) is 153 Å². The largest absolute Gasteiger partial charge is 0.412 e. The number of hydrogen-bond donors (Lipinski definition) is 2. The minimum Gasteiger partial charge on any atom is -0.412 e. The van der Waals surface area contributed by atoms with E-state index in [1.807, 2.05) is 0 Å². The highest BCUT2D eigenvalue weighted by Gasteiger charge is 2.62. The first-order valence-electron chi connectivity index (χ1n) is 9.13. The van der Waals surface area contributed by atoms with E-state index in [2.05, 4.69) is 6.07 Å².